The van der Waals surface area contributed by atoms with Crippen LogP contribution in [0.25, 0.3) is 0 Å². The second-order valence-corrected chi connectivity index (χ2v) is 5.61. The third-order valence-corrected chi connectivity index (χ3v) is 3.71. The van der Waals surface area contributed by atoms with Crippen molar-refractivity contribution >= 4 is 11.9 Å². The number of rotatable bonds is 5. The lowest BCUT2D eigenvalue weighted by atomic mass is 10.1. The number of esters is 1. The molecular formula is C18H14F3NO5. The van der Waals surface area contributed by atoms with Gasteiger partial charge < -0.3 is 19.5 Å². The number of hydrogen-bond donors (Lipinski definition) is 1. The molecule has 1 N–H and O–H groups in total. The van der Waals surface area contributed by atoms with Crippen molar-refractivity contribution in [2.45, 2.75) is 12.8 Å². The molecule has 0 unspecified atom stereocenters. The van der Waals surface area contributed by atoms with E-state index in [1.165, 1.54) is 24.3 Å². The maximum absolute atomic E-state index is 12.5. The van der Waals surface area contributed by atoms with E-state index in [-0.39, 0.29) is 25.5 Å². The highest BCUT2D eigenvalue weighted by molar-refractivity contribution is 5.96. The van der Waals surface area contributed by atoms with Crippen molar-refractivity contribution in [2.24, 2.45) is 0 Å². The summed E-state index contributed by atoms with van der Waals surface area (Å²) >= 11 is 0. The Bertz CT molecular complexity index is 849. The number of benzene rings is 2. The fourth-order valence-electron chi connectivity index (χ4n) is 2.30. The molecule has 1 aliphatic rings. The van der Waals surface area contributed by atoms with E-state index in [1.807, 2.05) is 0 Å². The minimum atomic E-state index is -4.42. The zero-order chi connectivity index (χ0) is 19.4. The number of hydrogen-bond acceptors (Lipinski definition) is 5. The van der Waals surface area contributed by atoms with Crippen LogP contribution >= 0.6 is 0 Å². The molecule has 142 valence electrons. The number of ether oxygens (including phenoxy) is 3. The monoisotopic (exact) mass is 381 g/mol. The Morgan fingerprint density at radius 3 is 2.44 bits per heavy atom. The normalized spacial score (nSPS) is 12.6. The van der Waals surface area contributed by atoms with Gasteiger partial charge >= 0.3 is 12.1 Å². The van der Waals surface area contributed by atoms with Crippen LogP contribution in [0.4, 0.5) is 13.2 Å². The van der Waals surface area contributed by atoms with E-state index in [0.717, 1.165) is 12.1 Å². The lowest BCUT2D eigenvalue weighted by Crippen LogP contribution is -2.30. The number of carbonyl (C=O) groups is 2. The third-order valence-electron chi connectivity index (χ3n) is 3.71. The second kappa shape index (κ2) is 7.56. The van der Waals surface area contributed by atoms with Gasteiger partial charge in [-0.2, -0.15) is 13.2 Å². The second-order valence-electron chi connectivity index (χ2n) is 5.61. The summed E-state index contributed by atoms with van der Waals surface area (Å²) in [4.78, 5) is 23.7. The van der Waals surface area contributed by atoms with Gasteiger partial charge in [0.2, 0.25) is 6.79 Å². The van der Waals surface area contributed by atoms with E-state index < -0.39 is 23.6 Å². The van der Waals surface area contributed by atoms with Crippen molar-refractivity contribution in [3.8, 4) is 11.5 Å². The lowest BCUT2D eigenvalue weighted by molar-refractivity contribution is -0.143. The Hall–Kier alpha value is -3.23. The van der Waals surface area contributed by atoms with Crippen LogP contribution < -0.4 is 14.8 Å². The van der Waals surface area contributed by atoms with E-state index in [1.54, 1.807) is 6.07 Å². The van der Waals surface area contributed by atoms with Crippen LogP contribution in [0.5, 0.6) is 11.5 Å². The fourth-order valence-corrected chi connectivity index (χ4v) is 2.30. The molecule has 0 aliphatic carbocycles. The molecule has 9 heteroatoms. The van der Waals surface area contributed by atoms with Crippen molar-refractivity contribution in [3.05, 3.63) is 59.2 Å². The quantitative estimate of drug-likeness (QED) is 0.807. The summed E-state index contributed by atoms with van der Waals surface area (Å²) in [6.07, 6.45) is -4.42. The summed E-state index contributed by atoms with van der Waals surface area (Å²) in [5.74, 6) is -0.251. The van der Waals surface area contributed by atoms with Crippen molar-refractivity contribution in [3.63, 3.8) is 0 Å². The molecule has 3 rings (SSSR count). The highest BCUT2D eigenvalue weighted by Crippen LogP contribution is 2.32. The number of carbonyl (C=O) groups excluding carboxylic acids is 2. The Morgan fingerprint density at radius 2 is 1.74 bits per heavy atom. The van der Waals surface area contributed by atoms with Crippen LogP contribution in [-0.4, -0.2) is 25.2 Å². The van der Waals surface area contributed by atoms with E-state index in [2.05, 4.69) is 5.32 Å². The molecule has 1 heterocycles. The fraction of sp³-hybridized carbons (Fsp3) is 0.222. The van der Waals surface area contributed by atoms with Crippen molar-refractivity contribution in [1.29, 1.82) is 0 Å². The number of fused-ring (bicyclic) bond motifs is 1. The minimum Gasteiger partial charge on any atom is -0.460 e. The lowest BCUT2D eigenvalue weighted by Gasteiger charge is -2.09. The van der Waals surface area contributed by atoms with Gasteiger partial charge in [-0.1, -0.05) is 12.1 Å². The molecule has 0 saturated carbocycles. The van der Waals surface area contributed by atoms with Crippen LogP contribution in [0.15, 0.2) is 42.5 Å². The minimum absolute atomic E-state index is 0.0800. The average molecular weight is 381 g/mol. The first-order chi connectivity index (χ1) is 12.8. The molecule has 27 heavy (non-hydrogen) atoms. The highest BCUT2D eigenvalue weighted by atomic mass is 19.4. The molecule has 0 spiro atoms. The van der Waals surface area contributed by atoms with Gasteiger partial charge in [0.05, 0.1) is 5.56 Å². The topological polar surface area (TPSA) is 73.9 Å². The summed E-state index contributed by atoms with van der Waals surface area (Å²) in [7, 11) is 0. The first-order valence-corrected chi connectivity index (χ1v) is 7.82. The van der Waals surface area contributed by atoms with Crippen LogP contribution in [0, 0.1) is 0 Å². The Morgan fingerprint density at radius 1 is 1.04 bits per heavy atom. The van der Waals surface area contributed by atoms with Gasteiger partial charge in [0, 0.05) is 5.56 Å². The summed E-state index contributed by atoms with van der Waals surface area (Å²) in [6.45, 7) is -0.499. The van der Waals surface area contributed by atoms with Crippen molar-refractivity contribution in [2.75, 3.05) is 13.3 Å². The van der Waals surface area contributed by atoms with Crippen LogP contribution in [0.2, 0.25) is 0 Å². The van der Waals surface area contributed by atoms with Crippen LogP contribution in [0.1, 0.15) is 21.5 Å². The van der Waals surface area contributed by atoms with Gasteiger partial charge in [0.25, 0.3) is 5.91 Å². The molecule has 0 radical (unpaired) electrons. The summed E-state index contributed by atoms with van der Waals surface area (Å²) in [6, 6.07) is 8.86. The maximum Gasteiger partial charge on any atom is 0.416 e. The van der Waals surface area contributed by atoms with Gasteiger partial charge in [-0.25, -0.2) is 0 Å². The molecular weight excluding hydrogens is 367 g/mol. The molecule has 0 saturated heterocycles. The summed E-state index contributed by atoms with van der Waals surface area (Å²) in [5.41, 5.74) is -0.0956. The molecule has 0 aromatic heterocycles. The number of alkyl halides is 3. The van der Waals surface area contributed by atoms with Gasteiger partial charge in [-0.3, -0.25) is 9.59 Å². The Kier molecular flexibility index (Phi) is 5.20. The molecule has 0 bridgehead atoms. The van der Waals surface area contributed by atoms with E-state index in [9.17, 15) is 22.8 Å². The Labute approximate surface area is 151 Å². The average Bonchev–Trinajstić information content (AvgIpc) is 3.11. The number of halogens is 3. The Balaban J connectivity index is 1.46. The van der Waals surface area contributed by atoms with Gasteiger partial charge in [0.15, 0.2) is 11.5 Å². The first kappa shape index (κ1) is 18.6. The smallest absolute Gasteiger partial charge is 0.416 e. The SMILES string of the molecule is O=C(CNC(=O)c1ccc2c(c1)OCO2)OCc1ccc(C(F)(F)F)cc1. The number of nitrogens with one attached hydrogen (secondary N) is 1. The highest BCUT2D eigenvalue weighted by Gasteiger charge is 2.29. The largest absolute Gasteiger partial charge is 0.460 e. The maximum atomic E-state index is 12.5. The molecule has 1 aliphatic heterocycles. The van der Waals surface area contributed by atoms with E-state index in [4.69, 9.17) is 14.2 Å². The third kappa shape index (κ3) is 4.69. The first-order valence-electron chi connectivity index (χ1n) is 7.82. The molecule has 2 aromatic rings. The predicted molar refractivity (Wildman–Crippen MR) is 86.1 cm³/mol. The molecule has 2 aromatic carbocycles. The summed E-state index contributed by atoms with van der Waals surface area (Å²) in [5, 5.41) is 2.40. The molecule has 0 atom stereocenters. The van der Waals surface area contributed by atoms with E-state index in [0.29, 0.717) is 17.1 Å². The number of amides is 1. The zero-order valence-corrected chi connectivity index (χ0v) is 13.8. The van der Waals surface area contributed by atoms with E-state index >= 15 is 0 Å². The van der Waals surface area contributed by atoms with Crippen LogP contribution in [-0.2, 0) is 22.3 Å². The molecule has 1 amide bonds. The van der Waals surface area contributed by atoms with Gasteiger partial charge in [0.1, 0.15) is 13.2 Å². The van der Waals surface area contributed by atoms with Gasteiger partial charge in [-0.05, 0) is 35.9 Å². The predicted octanol–water partition coefficient (Wildman–Crippen LogP) is 2.91. The van der Waals surface area contributed by atoms with Gasteiger partial charge in [-0.15, -0.1) is 0 Å². The van der Waals surface area contributed by atoms with Crippen LogP contribution in [0.3, 0.4) is 0 Å². The van der Waals surface area contributed by atoms with Crippen molar-refractivity contribution < 1.29 is 37.0 Å². The standard InChI is InChI=1S/C18H14F3NO5/c19-18(20,21)13-4-1-11(2-5-13)9-25-16(23)8-22-17(24)12-3-6-14-15(7-12)27-10-26-14/h1-7H,8-10H2,(H,22,24). The summed E-state index contributed by atoms with van der Waals surface area (Å²) < 4.78 is 52.7. The molecule has 0 fully saturated rings. The van der Waals surface area contributed by atoms with Crippen molar-refractivity contribution in [1.82, 2.24) is 5.32 Å². The molecule has 6 nitrogen and oxygen atoms in total. The zero-order valence-electron chi connectivity index (χ0n) is 13.8.